The second-order valence-corrected chi connectivity index (χ2v) is 7.37. The van der Waals surface area contributed by atoms with E-state index in [9.17, 15) is 5.26 Å². The molecule has 25 heavy (non-hydrogen) atoms. The van der Waals surface area contributed by atoms with Crippen molar-refractivity contribution in [2.24, 2.45) is 0 Å². The fourth-order valence-corrected chi connectivity index (χ4v) is 3.60. The Morgan fingerprint density at radius 2 is 1.92 bits per heavy atom. The third kappa shape index (κ3) is 3.93. The first-order valence-corrected chi connectivity index (χ1v) is 9.22. The maximum absolute atomic E-state index is 9.53. The molecular formula is C20H14Cl2N2S. The Balaban J connectivity index is 1.98. The normalized spacial score (nSPS) is 11.4. The van der Waals surface area contributed by atoms with E-state index in [1.165, 1.54) is 22.5 Å². The standard InChI is InChI=1S/C20H14Cl2N2S/c1-12-3-4-15(7-13(12)2)19-11-25-20(24-19)16(10-23)8-14-5-6-17(21)9-18(14)22/h3-9,11H,1-2H3/b16-8+. The van der Waals surface area contributed by atoms with E-state index in [1.807, 2.05) is 11.4 Å². The van der Waals surface area contributed by atoms with Crippen LogP contribution in [0.4, 0.5) is 0 Å². The summed E-state index contributed by atoms with van der Waals surface area (Å²) in [5.74, 6) is 0. The molecule has 1 heterocycles. The quantitative estimate of drug-likeness (QED) is 0.465. The molecule has 0 aliphatic carbocycles. The summed E-state index contributed by atoms with van der Waals surface area (Å²) in [6, 6.07) is 13.6. The van der Waals surface area contributed by atoms with Gasteiger partial charge in [0, 0.05) is 21.0 Å². The number of halogens is 2. The largest absolute Gasteiger partial charge is 0.235 e. The van der Waals surface area contributed by atoms with Gasteiger partial charge in [-0.1, -0.05) is 41.4 Å². The summed E-state index contributed by atoms with van der Waals surface area (Å²) in [5.41, 5.74) is 5.60. The zero-order valence-electron chi connectivity index (χ0n) is 13.7. The highest BCUT2D eigenvalue weighted by atomic mass is 35.5. The van der Waals surface area contributed by atoms with Crippen LogP contribution in [0.25, 0.3) is 22.9 Å². The monoisotopic (exact) mass is 384 g/mol. The Morgan fingerprint density at radius 1 is 1.12 bits per heavy atom. The Morgan fingerprint density at radius 3 is 2.60 bits per heavy atom. The molecule has 2 aromatic carbocycles. The summed E-state index contributed by atoms with van der Waals surface area (Å²) in [5, 5.41) is 13.2. The molecule has 0 spiro atoms. The summed E-state index contributed by atoms with van der Waals surface area (Å²) >= 11 is 13.6. The summed E-state index contributed by atoms with van der Waals surface area (Å²) < 4.78 is 0. The molecule has 0 aliphatic heterocycles. The minimum Gasteiger partial charge on any atom is -0.235 e. The highest BCUT2D eigenvalue weighted by Crippen LogP contribution is 2.30. The second kappa shape index (κ2) is 7.41. The van der Waals surface area contributed by atoms with E-state index >= 15 is 0 Å². The smallest absolute Gasteiger partial charge is 0.134 e. The molecule has 5 heteroatoms. The van der Waals surface area contributed by atoms with Gasteiger partial charge in [0.05, 0.1) is 11.3 Å². The Labute approximate surface area is 161 Å². The fourth-order valence-electron chi connectivity index (χ4n) is 2.35. The molecule has 0 saturated carbocycles. The molecule has 0 saturated heterocycles. The zero-order valence-corrected chi connectivity index (χ0v) is 16.0. The predicted octanol–water partition coefficient (Wildman–Crippen LogP) is 6.80. The molecular weight excluding hydrogens is 371 g/mol. The molecule has 0 aliphatic rings. The van der Waals surface area contributed by atoms with Gasteiger partial charge in [-0.15, -0.1) is 11.3 Å². The highest BCUT2D eigenvalue weighted by molar-refractivity contribution is 7.11. The van der Waals surface area contributed by atoms with Gasteiger partial charge in [0.25, 0.3) is 0 Å². The molecule has 0 bridgehead atoms. The van der Waals surface area contributed by atoms with Crippen molar-refractivity contribution in [2.45, 2.75) is 13.8 Å². The minimum atomic E-state index is 0.476. The summed E-state index contributed by atoms with van der Waals surface area (Å²) in [7, 11) is 0. The van der Waals surface area contributed by atoms with Gasteiger partial charge in [-0.2, -0.15) is 5.26 Å². The van der Waals surface area contributed by atoms with Crippen LogP contribution in [0.1, 0.15) is 21.7 Å². The van der Waals surface area contributed by atoms with Gasteiger partial charge >= 0.3 is 0 Å². The molecule has 2 nitrogen and oxygen atoms in total. The maximum Gasteiger partial charge on any atom is 0.134 e. The Hall–Kier alpha value is -2.12. The summed E-state index contributed by atoms with van der Waals surface area (Å²) in [6.45, 7) is 4.16. The third-order valence-corrected chi connectivity index (χ3v) is 5.36. The van der Waals surface area contributed by atoms with Crippen LogP contribution in [0.2, 0.25) is 10.0 Å². The average Bonchev–Trinajstić information content (AvgIpc) is 3.06. The number of allylic oxidation sites excluding steroid dienone is 1. The molecule has 0 unspecified atom stereocenters. The average molecular weight is 385 g/mol. The van der Waals surface area contributed by atoms with Crippen molar-refractivity contribution >= 4 is 46.2 Å². The lowest BCUT2D eigenvalue weighted by molar-refractivity contribution is 1.32. The molecule has 0 fully saturated rings. The molecule has 0 N–H and O–H groups in total. The van der Waals surface area contributed by atoms with Gasteiger partial charge in [0.1, 0.15) is 11.1 Å². The predicted molar refractivity (Wildman–Crippen MR) is 107 cm³/mol. The lowest BCUT2D eigenvalue weighted by Crippen LogP contribution is -1.86. The SMILES string of the molecule is Cc1ccc(-c2csc(/C(C#N)=C/c3ccc(Cl)cc3Cl)n2)cc1C. The van der Waals surface area contributed by atoms with E-state index in [-0.39, 0.29) is 0 Å². The van der Waals surface area contributed by atoms with Crippen molar-refractivity contribution in [2.75, 3.05) is 0 Å². The maximum atomic E-state index is 9.53. The minimum absolute atomic E-state index is 0.476. The summed E-state index contributed by atoms with van der Waals surface area (Å²) in [4.78, 5) is 4.62. The van der Waals surface area contributed by atoms with Crippen LogP contribution >= 0.6 is 34.5 Å². The topological polar surface area (TPSA) is 36.7 Å². The highest BCUT2D eigenvalue weighted by Gasteiger charge is 2.11. The number of benzene rings is 2. The van der Waals surface area contributed by atoms with E-state index < -0.39 is 0 Å². The fraction of sp³-hybridized carbons (Fsp3) is 0.100. The van der Waals surface area contributed by atoms with Gasteiger partial charge in [-0.3, -0.25) is 0 Å². The van der Waals surface area contributed by atoms with Gasteiger partial charge in [-0.25, -0.2) is 4.98 Å². The molecule has 124 valence electrons. The molecule has 3 aromatic rings. The van der Waals surface area contributed by atoms with Crippen LogP contribution in [0.15, 0.2) is 41.8 Å². The lowest BCUT2D eigenvalue weighted by atomic mass is 10.1. The van der Waals surface area contributed by atoms with Crippen molar-refractivity contribution in [3.05, 3.63) is 73.5 Å². The number of thiazole rings is 1. The Kier molecular flexibility index (Phi) is 5.24. The summed E-state index contributed by atoms with van der Waals surface area (Å²) in [6.07, 6.45) is 1.74. The third-order valence-electron chi connectivity index (χ3n) is 3.92. The van der Waals surface area contributed by atoms with Crippen molar-refractivity contribution in [3.8, 4) is 17.3 Å². The van der Waals surface area contributed by atoms with Crippen molar-refractivity contribution in [3.63, 3.8) is 0 Å². The molecule has 3 rings (SSSR count). The van der Waals surface area contributed by atoms with Crippen molar-refractivity contribution in [1.29, 1.82) is 5.26 Å². The lowest BCUT2D eigenvalue weighted by Gasteiger charge is -2.02. The van der Waals surface area contributed by atoms with Gasteiger partial charge in [-0.05, 0) is 54.8 Å². The number of nitrogens with zero attached hydrogens (tertiary/aromatic N) is 2. The van der Waals surface area contributed by atoms with Crippen LogP contribution in [0, 0.1) is 25.2 Å². The van der Waals surface area contributed by atoms with E-state index in [2.05, 4.69) is 37.0 Å². The van der Waals surface area contributed by atoms with Gasteiger partial charge in [0.15, 0.2) is 0 Å². The van der Waals surface area contributed by atoms with Gasteiger partial charge in [0.2, 0.25) is 0 Å². The first kappa shape index (κ1) is 17.7. The second-order valence-electron chi connectivity index (χ2n) is 5.67. The van der Waals surface area contributed by atoms with Gasteiger partial charge < -0.3 is 0 Å². The van der Waals surface area contributed by atoms with Crippen LogP contribution in [0.3, 0.4) is 0 Å². The van der Waals surface area contributed by atoms with Crippen LogP contribution in [-0.4, -0.2) is 4.98 Å². The number of aryl methyl sites for hydroxylation is 2. The van der Waals surface area contributed by atoms with Crippen LogP contribution in [0.5, 0.6) is 0 Å². The first-order valence-electron chi connectivity index (χ1n) is 7.58. The van der Waals surface area contributed by atoms with E-state index in [4.69, 9.17) is 23.2 Å². The van der Waals surface area contributed by atoms with E-state index in [0.29, 0.717) is 20.6 Å². The number of hydrogen-bond acceptors (Lipinski definition) is 3. The van der Waals surface area contributed by atoms with Crippen LogP contribution in [-0.2, 0) is 0 Å². The number of nitriles is 1. The number of aromatic nitrogens is 1. The van der Waals surface area contributed by atoms with E-state index in [0.717, 1.165) is 16.8 Å². The number of hydrogen-bond donors (Lipinski definition) is 0. The molecule has 0 atom stereocenters. The molecule has 0 radical (unpaired) electrons. The first-order chi connectivity index (χ1) is 12.0. The Bertz CT molecular complexity index is 1010. The zero-order chi connectivity index (χ0) is 18.0. The number of rotatable bonds is 3. The molecule has 0 amide bonds. The van der Waals surface area contributed by atoms with E-state index in [1.54, 1.807) is 24.3 Å². The van der Waals surface area contributed by atoms with Crippen molar-refractivity contribution in [1.82, 2.24) is 4.98 Å². The van der Waals surface area contributed by atoms with Crippen LogP contribution < -0.4 is 0 Å². The van der Waals surface area contributed by atoms with Crippen molar-refractivity contribution < 1.29 is 0 Å². The molecule has 1 aromatic heterocycles.